The topological polar surface area (TPSA) is 84.5 Å². The normalized spacial score (nSPS) is 14.1. The molecule has 1 aliphatic carbocycles. The number of anilines is 1. The predicted octanol–water partition coefficient (Wildman–Crippen LogP) is 3.70. The first-order chi connectivity index (χ1) is 12.3. The summed E-state index contributed by atoms with van der Waals surface area (Å²) in [6.45, 7) is 0. The second-order valence-corrected chi connectivity index (χ2v) is 8.31. The van der Waals surface area contributed by atoms with Crippen LogP contribution >= 0.6 is 23.2 Å². The van der Waals surface area contributed by atoms with Crippen molar-refractivity contribution in [2.75, 3.05) is 12.4 Å². The minimum atomic E-state index is -3.83. The number of carbonyl (C=O) groups is 1. The highest BCUT2D eigenvalue weighted by Crippen LogP contribution is 2.32. The van der Waals surface area contributed by atoms with Crippen LogP contribution in [-0.4, -0.2) is 27.5 Å². The quantitative estimate of drug-likeness (QED) is 0.754. The van der Waals surface area contributed by atoms with E-state index in [1.807, 2.05) is 0 Å². The molecule has 9 heteroatoms. The Bertz CT molecular complexity index is 959. The Morgan fingerprint density at radius 3 is 2.50 bits per heavy atom. The average molecular weight is 415 g/mol. The number of carbonyl (C=O) groups excluding carboxylic acids is 1. The summed E-state index contributed by atoms with van der Waals surface area (Å²) in [6.07, 6.45) is 1.57. The number of halogens is 2. The fraction of sp³-hybridized carbons (Fsp3) is 0.235. The van der Waals surface area contributed by atoms with Crippen LogP contribution < -0.4 is 14.8 Å². The van der Waals surface area contributed by atoms with Crippen molar-refractivity contribution in [2.24, 2.45) is 0 Å². The lowest BCUT2D eigenvalue weighted by Crippen LogP contribution is -2.26. The molecule has 0 heterocycles. The van der Waals surface area contributed by atoms with Gasteiger partial charge in [0.1, 0.15) is 10.6 Å². The van der Waals surface area contributed by atoms with Gasteiger partial charge < -0.3 is 10.1 Å². The molecule has 138 valence electrons. The lowest BCUT2D eigenvalue weighted by Gasteiger charge is -2.13. The second-order valence-electron chi connectivity index (χ2n) is 5.81. The molecule has 0 atom stereocenters. The highest BCUT2D eigenvalue weighted by atomic mass is 35.5. The fourth-order valence-corrected chi connectivity index (χ4v) is 4.49. The van der Waals surface area contributed by atoms with Crippen LogP contribution in [0.2, 0.25) is 10.0 Å². The zero-order chi connectivity index (χ0) is 18.9. The zero-order valence-corrected chi connectivity index (χ0v) is 16.1. The lowest BCUT2D eigenvalue weighted by atomic mass is 10.2. The van der Waals surface area contributed by atoms with E-state index >= 15 is 0 Å². The number of methoxy groups -OCH3 is 1. The van der Waals surface area contributed by atoms with Crippen molar-refractivity contribution < 1.29 is 17.9 Å². The summed E-state index contributed by atoms with van der Waals surface area (Å²) in [5.74, 6) is -0.104. The zero-order valence-electron chi connectivity index (χ0n) is 13.8. The SMILES string of the molecule is COc1ccccc1NC(=O)c1cc(S(=O)(=O)NC2CC2)c(Cl)cc1Cl. The second kappa shape index (κ2) is 7.44. The molecular weight excluding hydrogens is 399 g/mol. The van der Waals surface area contributed by atoms with Gasteiger partial charge in [-0.3, -0.25) is 4.79 Å². The maximum Gasteiger partial charge on any atom is 0.257 e. The molecule has 2 aromatic rings. The third-order valence-electron chi connectivity index (χ3n) is 3.81. The first kappa shape index (κ1) is 19.0. The van der Waals surface area contributed by atoms with E-state index in [-0.39, 0.29) is 26.5 Å². The largest absolute Gasteiger partial charge is 0.495 e. The monoisotopic (exact) mass is 414 g/mol. The third kappa shape index (κ3) is 4.12. The summed E-state index contributed by atoms with van der Waals surface area (Å²) in [7, 11) is -2.35. The minimum absolute atomic E-state index is 0.00172. The van der Waals surface area contributed by atoms with Crippen LogP contribution in [-0.2, 0) is 10.0 Å². The molecule has 0 unspecified atom stereocenters. The molecule has 1 fully saturated rings. The number of hydrogen-bond donors (Lipinski definition) is 2. The Balaban J connectivity index is 1.94. The van der Waals surface area contributed by atoms with Gasteiger partial charge in [-0.2, -0.15) is 0 Å². The van der Waals surface area contributed by atoms with E-state index in [0.717, 1.165) is 12.8 Å². The number of sulfonamides is 1. The Labute approximate surface area is 161 Å². The number of nitrogens with one attached hydrogen (secondary N) is 2. The molecule has 26 heavy (non-hydrogen) atoms. The van der Waals surface area contributed by atoms with Crippen molar-refractivity contribution in [1.82, 2.24) is 4.72 Å². The molecule has 1 aliphatic rings. The molecule has 1 saturated carbocycles. The van der Waals surface area contributed by atoms with Crippen LogP contribution in [0.4, 0.5) is 5.69 Å². The first-order valence-corrected chi connectivity index (χ1v) is 10.0. The van der Waals surface area contributed by atoms with Crippen LogP contribution in [0.5, 0.6) is 5.75 Å². The standard InChI is InChI=1S/C17H16Cl2N2O4S/c1-25-15-5-3-2-4-14(15)20-17(22)11-8-16(13(19)9-12(11)18)26(23,24)21-10-6-7-10/h2-5,8-10,21H,6-7H2,1H3,(H,20,22). The van der Waals surface area contributed by atoms with Gasteiger partial charge in [-0.15, -0.1) is 0 Å². The summed E-state index contributed by atoms with van der Waals surface area (Å²) in [4.78, 5) is 12.4. The molecule has 2 aromatic carbocycles. The Kier molecular flexibility index (Phi) is 5.43. The van der Waals surface area contributed by atoms with Gasteiger partial charge in [-0.25, -0.2) is 13.1 Å². The van der Waals surface area contributed by atoms with Crippen molar-refractivity contribution in [3.63, 3.8) is 0 Å². The van der Waals surface area contributed by atoms with Crippen LogP contribution in [0.3, 0.4) is 0 Å². The van der Waals surface area contributed by atoms with E-state index in [9.17, 15) is 13.2 Å². The van der Waals surface area contributed by atoms with E-state index in [2.05, 4.69) is 10.0 Å². The van der Waals surface area contributed by atoms with Crippen LogP contribution in [0.25, 0.3) is 0 Å². The van der Waals surface area contributed by atoms with Crippen molar-refractivity contribution in [1.29, 1.82) is 0 Å². The summed E-state index contributed by atoms with van der Waals surface area (Å²) >= 11 is 12.2. The molecule has 0 aromatic heterocycles. The van der Waals surface area contributed by atoms with E-state index in [1.54, 1.807) is 24.3 Å². The number of hydrogen-bond acceptors (Lipinski definition) is 4. The van der Waals surface area contributed by atoms with Gasteiger partial charge in [0.15, 0.2) is 0 Å². The molecule has 6 nitrogen and oxygen atoms in total. The Hall–Kier alpha value is -1.80. The van der Waals surface area contributed by atoms with Gasteiger partial charge in [0, 0.05) is 6.04 Å². The molecule has 3 rings (SSSR count). The van der Waals surface area contributed by atoms with Gasteiger partial charge in [0.05, 0.1) is 28.4 Å². The van der Waals surface area contributed by atoms with Gasteiger partial charge >= 0.3 is 0 Å². The smallest absolute Gasteiger partial charge is 0.257 e. The number of ether oxygens (including phenoxy) is 1. The Morgan fingerprint density at radius 2 is 1.85 bits per heavy atom. The summed E-state index contributed by atoms with van der Waals surface area (Å²) < 4.78 is 32.6. The van der Waals surface area contributed by atoms with E-state index in [1.165, 1.54) is 19.2 Å². The molecular formula is C17H16Cl2N2O4S. The molecule has 2 N–H and O–H groups in total. The molecule has 0 saturated heterocycles. The maximum absolute atomic E-state index is 12.6. The summed E-state index contributed by atoms with van der Waals surface area (Å²) in [5.41, 5.74) is 0.435. The van der Waals surface area contributed by atoms with Gasteiger partial charge in [0.2, 0.25) is 10.0 Å². The van der Waals surface area contributed by atoms with Crippen LogP contribution in [0.1, 0.15) is 23.2 Å². The third-order valence-corrected chi connectivity index (χ3v) is 6.11. The van der Waals surface area contributed by atoms with Crippen molar-refractivity contribution in [3.8, 4) is 5.75 Å². The predicted molar refractivity (Wildman–Crippen MR) is 101 cm³/mol. The van der Waals surface area contributed by atoms with E-state index in [4.69, 9.17) is 27.9 Å². The maximum atomic E-state index is 12.6. The molecule has 0 aliphatic heterocycles. The summed E-state index contributed by atoms with van der Waals surface area (Å²) in [6, 6.07) is 9.19. The van der Waals surface area contributed by atoms with Crippen molar-refractivity contribution in [3.05, 3.63) is 52.0 Å². The summed E-state index contributed by atoms with van der Waals surface area (Å²) in [5, 5.41) is 2.67. The number of rotatable bonds is 6. The number of benzene rings is 2. The van der Waals surface area contributed by atoms with Crippen molar-refractivity contribution in [2.45, 2.75) is 23.8 Å². The van der Waals surface area contributed by atoms with Crippen LogP contribution in [0, 0.1) is 0 Å². The fourth-order valence-electron chi connectivity index (χ4n) is 2.33. The molecule has 0 spiro atoms. The molecule has 1 amide bonds. The lowest BCUT2D eigenvalue weighted by molar-refractivity contribution is 0.102. The molecule has 0 bridgehead atoms. The number of amides is 1. The van der Waals surface area contributed by atoms with Crippen LogP contribution in [0.15, 0.2) is 41.3 Å². The Morgan fingerprint density at radius 1 is 1.15 bits per heavy atom. The van der Waals surface area contributed by atoms with Gasteiger partial charge in [-0.1, -0.05) is 35.3 Å². The highest BCUT2D eigenvalue weighted by molar-refractivity contribution is 7.89. The average Bonchev–Trinajstić information content (AvgIpc) is 3.38. The minimum Gasteiger partial charge on any atom is -0.495 e. The van der Waals surface area contributed by atoms with E-state index in [0.29, 0.717) is 11.4 Å². The van der Waals surface area contributed by atoms with Gasteiger partial charge in [0.25, 0.3) is 5.91 Å². The van der Waals surface area contributed by atoms with E-state index < -0.39 is 15.9 Å². The van der Waals surface area contributed by atoms with Crippen molar-refractivity contribution >= 4 is 44.8 Å². The molecule has 0 radical (unpaired) electrons. The highest BCUT2D eigenvalue weighted by Gasteiger charge is 2.30. The number of para-hydroxylation sites is 2. The van der Waals surface area contributed by atoms with Gasteiger partial charge in [-0.05, 0) is 37.1 Å². The first-order valence-electron chi connectivity index (χ1n) is 7.77.